The van der Waals surface area contributed by atoms with Gasteiger partial charge in [0.15, 0.2) is 11.4 Å². The van der Waals surface area contributed by atoms with Crippen molar-refractivity contribution in [3.05, 3.63) is 46.7 Å². The molecule has 0 spiro atoms. The first-order valence-electron chi connectivity index (χ1n) is 5.90. The quantitative estimate of drug-likeness (QED) is 0.732. The second-order valence-corrected chi connectivity index (χ2v) is 4.14. The van der Waals surface area contributed by atoms with E-state index < -0.39 is 11.7 Å². The summed E-state index contributed by atoms with van der Waals surface area (Å²) in [4.78, 5) is 26.6. The van der Waals surface area contributed by atoms with Crippen LogP contribution < -0.4 is 10.4 Å². The topological polar surface area (TPSA) is 112 Å². The van der Waals surface area contributed by atoms with Gasteiger partial charge in [0, 0.05) is 6.20 Å². The lowest BCUT2D eigenvalue weighted by molar-refractivity contribution is 0.0690. The van der Waals surface area contributed by atoms with Crippen LogP contribution >= 0.6 is 0 Å². The molecule has 0 amide bonds. The number of aromatic carboxylic acids is 1. The predicted octanol–water partition coefficient (Wildman–Crippen LogP) is 0.239. The summed E-state index contributed by atoms with van der Waals surface area (Å²) < 4.78 is 12.6. The van der Waals surface area contributed by atoms with Gasteiger partial charge in [-0.3, -0.25) is 0 Å². The van der Waals surface area contributed by atoms with Crippen LogP contribution in [0.3, 0.4) is 0 Å². The minimum atomic E-state index is -1.20. The summed E-state index contributed by atoms with van der Waals surface area (Å²) in [7, 11) is 1.48. The molecule has 0 fully saturated rings. The third kappa shape index (κ3) is 2.14. The van der Waals surface area contributed by atoms with E-state index in [0.717, 1.165) is 10.9 Å². The van der Waals surface area contributed by atoms with Gasteiger partial charge in [-0.25, -0.2) is 23.7 Å². The van der Waals surface area contributed by atoms with Crippen LogP contribution in [-0.4, -0.2) is 37.4 Å². The molecule has 0 saturated carbocycles. The Kier molecular flexibility index (Phi) is 2.94. The van der Waals surface area contributed by atoms with Crippen LogP contribution in [0.25, 0.3) is 5.65 Å². The van der Waals surface area contributed by atoms with Crippen LogP contribution in [0.15, 0.2) is 33.8 Å². The smallest absolute Gasteiger partial charge is 0.357 e. The normalized spacial score (nSPS) is 10.9. The summed E-state index contributed by atoms with van der Waals surface area (Å²) in [5, 5.41) is 12.9. The van der Waals surface area contributed by atoms with Gasteiger partial charge in [0.25, 0.3) is 0 Å². The molecule has 0 bridgehead atoms. The van der Waals surface area contributed by atoms with Gasteiger partial charge in [-0.1, -0.05) is 0 Å². The number of carboxylic acid groups (broad SMARTS) is 1. The Morgan fingerprint density at radius 1 is 1.52 bits per heavy atom. The van der Waals surface area contributed by atoms with E-state index in [1.807, 2.05) is 0 Å². The monoisotopic (exact) mass is 290 g/mol. The zero-order valence-corrected chi connectivity index (χ0v) is 10.9. The number of pyridine rings is 1. The third-order valence-electron chi connectivity index (χ3n) is 2.85. The van der Waals surface area contributed by atoms with Crippen molar-refractivity contribution in [2.45, 2.75) is 6.54 Å². The SMILES string of the molecule is COc1cccn2c(=O)n(Cc3nc(C(=O)O)co3)nc12. The lowest BCUT2D eigenvalue weighted by Crippen LogP contribution is -2.21. The molecule has 0 aromatic carbocycles. The summed E-state index contributed by atoms with van der Waals surface area (Å²) in [5.74, 6) is -0.669. The maximum absolute atomic E-state index is 12.2. The van der Waals surface area contributed by atoms with E-state index in [1.54, 1.807) is 18.3 Å². The van der Waals surface area contributed by atoms with Gasteiger partial charge in [0.2, 0.25) is 11.5 Å². The molecule has 0 saturated heterocycles. The Balaban J connectivity index is 2.02. The first kappa shape index (κ1) is 12.9. The Hall–Kier alpha value is -3.10. The molecule has 9 heteroatoms. The van der Waals surface area contributed by atoms with Gasteiger partial charge in [0.1, 0.15) is 12.8 Å². The van der Waals surface area contributed by atoms with Crippen LogP contribution in [0.1, 0.15) is 16.4 Å². The second-order valence-electron chi connectivity index (χ2n) is 4.14. The first-order chi connectivity index (χ1) is 10.1. The summed E-state index contributed by atoms with van der Waals surface area (Å²) in [6.45, 7) is -0.0725. The molecule has 3 aromatic rings. The average Bonchev–Trinajstić information content (AvgIpc) is 3.06. The number of methoxy groups -OCH3 is 1. The molecular formula is C12H10N4O5. The molecule has 3 rings (SSSR count). The number of hydrogen-bond acceptors (Lipinski definition) is 6. The van der Waals surface area contributed by atoms with Crippen molar-refractivity contribution in [3.8, 4) is 5.75 Å². The number of rotatable bonds is 4. The van der Waals surface area contributed by atoms with Crippen LogP contribution in [0.4, 0.5) is 0 Å². The van der Waals surface area contributed by atoms with Crippen LogP contribution in [0.2, 0.25) is 0 Å². The van der Waals surface area contributed by atoms with Crippen molar-refractivity contribution in [3.63, 3.8) is 0 Å². The molecule has 0 aliphatic rings. The summed E-state index contributed by atoms with van der Waals surface area (Å²) in [6.07, 6.45) is 2.57. The van der Waals surface area contributed by atoms with Gasteiger partial charge >= 0.3 is 11.7 Å². The van der Waals surface area contributed by atoms with Crippen molar-refractivity contribution in [2.75, 3.05) is 7.11 Å². The summed E-state index contributed by atoms with van der Waals surface area (Å²) >= 11 is 0. The molecular weight excluding hydrogens is 280 g/mol. The molecule has 3 aromatic heterocycles. The van der Waals surface area contributed by atoms with E-state index >= 15 is 0 Å². The van der Waals surface area contributed by atoms with Crippen molar-refractivity contribution >= 4 is 11.6 Å². The van der Waals surface area contributed by atoms with Gasteiger partial charge in [-0.2, -0.15) is 0 Å². The maximum atomic E-state index is 12.2. The number of carboxylic acids is 1. The number of nitrogens with zero attached hydrogens (tertiary/aromatic N) is 4. The van der Waals surface area contributed by atoms with E-state index in [4.69, 9.17) is 14.3 Å². The molecule has 0 aliphatic carbocycles. The average molecular weight is 290 g/mol. The minimum absolute atomic E-state index is 0.0725. The highest BCUT2D eigenvalue weighted by Crippen LogP contribution is 2.15. The summed E-state index contributed by atoms with van der Waals surface area (Å²) in [5.41, 5.74) is -0.270. The number of aromatic nitrogens is 4. The van der Waals surface area contributed by atoms with Gasteiger partial charge in [-0.05, 0) is 12.1 Å². The fraction of sp³-hybridized carbons (Fsp3) is 0.167. The van der Waals surface area contributed by atoms with Crippen LogP contribution in [0, 0.1) is 0 Å². The zero-order valence-electron chi connectivity index (χ0n) is 10.9. The maximum Gasteiger partial charge on any atom is 0.357 e. The molecule has 0 unspecified atom stereocenters. The predicted molar refractivity (Wildman–Crippen MR) is 68.6 cm³/mol. The molecule has 0 radical (unpaired) electrons. The number of fused-ring (bicyclic) bond motifs is 1. The van der Waals surface area contributed by atoms with Crippen molar-refractivity contribution in [1.29, 1.82) is 0 Å². The van der Waals surface area contributed by atoms with E-state index in [-0.39, 0.29) is 18.1 Å². The highest BCUT2D eigenvalue weighted by atomic mass is 16.5. The molecule has 3 heterocycles. The Bertz CT molecular complexity index is 875. The van der Waals surface area contributed by atoms with E-state index in [0.29, 0.717) is 11.4 Å². The molecule has 1 N–H and O–H groups in total. The van der Waals surface area contributed by atoms with Crippen LogP contribution in [-0.2, 0) is 6.54 Å². The van der Waals surface area contributed by atoms with Crippen molar-refractivity contribution < 1.29 is 19.1 Å². The lowest BCUT2D eigenvalue weighted by atomic mass is 10.4. The number of oxazole rings is 1. The van der Waals surface area contributed by atoms with Gasteiger partial charge < -0.3 is 14.3 Å². The van der Waals surface area contributed by atoms with Crippen LogP contribution in [0.5, 0.6) is 5.75 Å². The van der Waals surface area contributed by atoms with E-state index in [1.165, 1.54) is 11.5 Å². The standard InChI is InChI=1S/C12H10N4O5/c1-20-8-3-2-4-15-10(8)14-16(12(15)19)5-9-13-7(6-21-9)11(17)18/h2-4,6H,5H2,1H3,(H,17,18). The van der Waals surface area contributed by atoms with E-state index in [9.17, 15) is 9.59 Å². The zero-order chi connectivity index (χ0) is 15.0. The highest BCUT2D eigenvalue weighted by molar-refractivity contribution is 5.84. The Morgan fingerprint density at radius 3 is 3.00 bits per heavy atom. The Labute approximate surface area is 117 Å². The Morgan fingerprint density at radius 2 is 2.33 bits per heavy atom. The summed E-state index contributed by atoms with van der Waals surface area (Å²) in [6, 6.07) is 3.34. The number of carbonyl (C=O) groups is 1. The second kappa shape index (κ2) is 4.78. The van der Waals surface area contributed by atoms with Gasteiger partial charge in [0.05, 0.1) is 7.11 Å². The molecule has 0 aliphatic heterocycles. The number of ether oxygens (including phenoxy) is 1. The molecule has 108 valence electrons. The third-order valence-corrected chi connectivity index (χ3v) is 2.85. The molecule has 9 nitrogen and oxygen atoms in total. The minimum Gasteiger partial charge on any atom is -0.493 e. The first-order valence-corrected chi connectivity index (χ1v) is 5.90. The van der Waals surface area contributed by atoms with Crippen molar-refractivity contribution in [2.24, 2.45) is 0 Å². The fourth-order valence-corrected chi connectivity index (χ4v) is 1.89. The van der Waals surface area contributed by atoms with E-state index in [2.05, 4.69) is 10.1 Å². The molecule has 21 heavy (non-hydrogen) atoms. The molecule has 0 atom stereocenters. The lowest BCUT2D eigenvalue weighted by Gasteiger charge is -1.98. The van der Waals surface area contributed by atoms with Gasteiger partial charge in [-0.15, -0.1) is 5.10 Å². The largest absolute Gasteiger partial charge is 0.493 e. The fourth-order valence-electron chi connectivity index (χ4n) is 1.89. The number of hydrogen-bond donors (Lipinski definition) is 1. The van der Waals surface area contributed by atoms with Crippen molar-refractivity contribution in [1.82, 2.24) is 19.2 Å². The highest BCUT2D eigenvalue weighted by Gasteiger charge is 2.15.